The van der Waals surface area contributed by atoms with E-state index in [0.29, 0.717) is 0 Å². The molecular weight excluding hydrogens is 208 g/mol. The number of nitrogens with one attached hydrogen (secondary N) is 1. The molecule has 90 valence electrons. The summed E-state index contributed by atoms with van der Waals surface area (Å²) in [6, 6.07) is 0.193. The van der Waals surface area contributed by atoms with E-state index in [1.165, 1.54) is 0 Å². The number of nitrogens with zero attached hydrogens (tertiary/aromatic N) is 1. The van der Waals surface area contributed by atoms with E-state index in [1.807, 2.05) is 0 Å². The van der Waals surface area contributed by atoms with Gasteiger partial charge in [-0.15, -0.1) is 0 Å². The molecule has 0 spiro atoms. The van der Waals surface area contributed by atoms with Crippen LogP contribution in [0.25, 0.3) is 0 Å². The quantitative estimate of drug-likeness (QED) is 0.711. The molecule has 5 nitrogen and oxygen atoms in total. The maximum atomic E-state index is 12.2. The molecule has 1 amide bonds. The Bertz CT molecular complexity index is 283. The Balaban J connectivity index is 1.95. The predicted octanol–water partition coefficient (Wildman–Crippen LogP) is 0.0616. The predicted molar refractivity (Wildman–Crippen MR) is 58.0 cm³/mol. The second-order valence-corrected chi connectivity index (χ2v) is 4.62. The number of carboxylic acid groups (broad SMARTS) is 1. The summed E-state index contributed by atoms with van der Waals surface area (Å²) in [5, 5.41) is 12.0. The van der Waals surface area contributed by atoms with E-state index >= 15 is 0 Å². The fourth-order valence-electron chi connectivity index (χ4n) is 2.22. The lowest BCUT2D eigenvalue weighted by Crippen LogP contribution is -2.44. The van der Waals surface area contributed by atoms with E-state index in [9.17, 15) is 9.59 Å². The average molecular weight is 226 g/mol. The number of amides is 1. The number of hydrogen-bond acceptors (Lipinski definition) is 3. The lowest BCUT2D eigenvalue weighted by Gasteiger charge is -2.28. The smallest absolute Gasteiger partial charge is 0.323 e. The minimum absolute atomic E-state index is 0.0289. The molecule has 0 aromatic rings. The van der Waals surface area contributed by atoms with E-state index in [-0.39, 0.29) is 24.4 Å². The zero-order valence-electron chi connectivity index (χ0n) is 9.32. The molecule has 0 aromatic heterocycles. The van der Waals surface area contributed by atoms with Gasteiger partial charge in [-0.3, -0.25) is 9.59 Å². The molecule has 2 rings (SSSR count). The summed E-state index contributed by atoms with van der Waals surface area (Å²) < 4.78 is 0. The average Bonchev–Trinajstić information content (AvgIpc) is 3.10. The first kappa shape index (κ1) is 11.4. The maximum Gasteiger partial charge on any atom is 0.323 e. The molecule has 1 saturated carbocycles. The van der Waals surface area contributed by atoms with Crippen LogP contribution in [0.15, 0.2) is 0 Å². The minimum Gasteiger partial charge on any atom is -0.480 e. The summed E-state index contributed by atoms with van der Waals surface area (Å²) in [6.45, 7) is 1.59. The molecular formula is C11H18N2O3. The number of carboxylic acids is 1. The second kappa shape index (κ2) is 4.82. The molecule has 5 heteroatoms. The maximum absolute atomic E-state index is 12.2. The summed E-state index contributed by atoms with van der Waals surface area (Å²) in [6.07, 6.45) is 3.59. The van der Waals surface area contributed by atoms with Crippen molar-refractivity contribution >= 4 is 11.9 Å². The molecule has 1 saturated heterocycles. The van der Waals surface area contributed by atoms with Crippen molar-refractivity contribution in [1.29, 1.82) is 0 Å². The van der Waals surface area contributed by atoms with Crippen molar-refractivity contribution in [3.05, 3.63) is 0 Å². The third-order valence-electron chi connectivity index (χ3n) is 3.26. The Labute approximate surface area is 94.8 Å². The van der Waals surface area contributed by atoms with Gasteiger partial charge in [0.2, 0.25) is 5.91 Å². The molecule has 0 aromatic carbocycles. The lowest BCUT2D eigenvalue weighted by molar-refractivity contribution is -0.147. The normalized spacial score (nSPS) is 21.8. The van der Waals surface area contributed by atoms with Crippen LogP contribution in [0.2, 0.25) is 0 Å². The molecule has 1 aliphatic carbocycles. The molecule has 2 fully saturated rings. The summed E-state index contributed by atoms with van der Waals surface area (Å²) in [4.78, 5) is 24.4. The van der Waals surface area contributed by atoms with Crippen LogP contribution >= 0.6 is 0 Å². The van der Waals surface area contributed by atoms with Crippen molar-refractivity contribution in [2.45, 2.75) is 31.7 Å². The molecule has 0 bridgehead atoms. The first-order valence-electron chi connectivity index (χ1n) is 5.91. The number of piperidine rings is 1. The van der Waals surface area contributed by atoms with Gasteiger partial charge in [0.15, 0.2) is 0 Å². The van der Waals surface area contributed by atoms with Crippen LogP contribution in [0, 0.1) is 5.92 Å². The fourth-order valence-corrected chi connectivity index (χ4v) is 2.22. The first-order chi connectivity index (χ1) is 7.68. The Morgan fingerprint density at radius 1 is 1.19 bits per heavy atom. The second-order valence-electron chi connectivity index (χ2n) is 4.62. The van der Waals surface area contributed by atoms with Crippen LogP contribution in [0.4, 0.5) is 0 Å². The van der Waals surface area contributed by atoms with Gasteiger partial charge < -0.3 is 15.3 Å². The number of carbonyl (C=O) groups is 2. The summed E-state index contributed by atoms with van der Waals surface area (Å²) in [5.41, 5.74) is 0. The highest BCUT2D eigenvalue weighted by atomic mass is 16.4. The van der Waals surface area contributed by atoms with Gasteiger partial charge in [-0.05, 0) is 38.8 Å². The monoisotopic (exact) mass is 226 g/mol. The van der Waals surface area contributed by atoms with Gasteiger partial charge in [0.05, 0.1) is 0 Å². The molecule has 2 aliphatic rings. The third-order valence-corrected chi connectivity index (χ3v) is 3.26. The third kappa shape index (κ3) is 2.72. The Morgan fingerprint density at radius 2 is 1.81 bits per heavy atom. The zero-order chi connectivity index (χ0) is 11.5. The van der Waals surface area contributed by atoms with Gasteiger partial charge in [-0.1, -0.05) is 0 Å². The molecule has 0 radical (unpaired) electrons. The van der Waals surface area contributed by atoms with Crippen molar-refractivity contribution in [2.24, 2.45) is 5.92 Å². The van der Waals surface area contributed by atoms with Gasteiger partial charge in [0, 0.05) is 12.0 Å². The summed E-state index contributed by atoms with van der Waals surface area (Å²) in [5.74, 6) is -0.832. The Hall–Kier alpha value is -1.10. The zero-order valence-corrected chi connectivity index (χ0v) is 9.32. The van der Waals surface area contributed by atoms with Crippen molar-refractivity contribution in [1.82, 2.24) is 10.2 Å². The van der Waals surface area contributed by atoms with E-state index in [2.05, 4.69) is 5.32 Å². The van der Waals surface area contributed by atoms with Crippen molar-refractivity contribution < 1.29 is 14.7 Å². The lowest BCUT2D eigenvalue weighted by atomic mass is 9.96. The molecule has 1 heterocycles. The van der Waals surface area contributed by atoms with E-state index in [4.69, 9.17) is 5.11 Å². The largest absolute Gasteiger partial charge is 0.480 e. The molecule has 0 atom stereocenters. The van der Waals surface area contributed by atoms with Crippen molar-refractivity contribution in [3.8, 4) is 0 Å². The number of carbonyl (C=O) groups excluding carboxylic acids is 1. The highest BCUT2D eigenvalue weighted by Crippen LogP contribution is 2.29. The number of rotatable bonds is 4. The highest BCUT2D eigenvalue weighted by Gasteiger charge is 2.37. The van der Waals surface area contributed by atoms with Crippen LogP contribution < -0.4 is 5.32 Å². The number of hydrogen-bond donors (Lipinski definition) is 2. The van der Waals surface area contributed by atoms with E-state index in [0.717, 1.165) is 38.8 Å². The minimum atomic E-state index is -0.908. The molecule has 1 aliphatic heterocycles. The summed E-state index contributed by atoms with van der Waals surface area (Å²) >= 11 is 0. The van der Waals surface area contributed by atoms with Gasteiger partial charge in [0.25, 0.3) is 0 Å². The van der Waals surface area contributed by atoms with Crippen LogP contribution in [-0.2, 0) is 9.59 Å². The Kier molecular flexibility index (Phi) is 3.43. The fraction of sp³-hybridized carbons (Fsp3) is 0.818. The molecule has 16 heavy (non-hydrogen) atoms. The summed E-state index contributed by atoms with van der Waals surface area (Å²) in [7, 11) is 0. The van der Waals surface area contributed by atoms with Crippen LogP contribution in [0.3, 0.4) is 0 Å². The van der Waals surface area contributed by atoms with Crippen molar-refractivity contribution in [3.63, 3.8) is 0 Å². The Morgan fingerprint density at radius 3 is 2.31 bits per heavy atom. The molecule has 0 unspecified atom stereocenters. The van der Waals surface area contributed by atoms with Gasteiger partial charge in [-0.2, -0.15) is 0 Å². The van der Waals surface area contributed by atoms with Crippen LogP contribution in [-0.4, -0.2) is 47.6 Å². The number of aliphatic carboxylic acids is 1. The van der Waals surface area contributed by atoms with Gasteiger partial charge in [0.1, 0.15) is 6.54 Å². The topological polar surface area (TPSA) is 69.6 Å². The van der Waals surface area contributed by atoms with Crippen LogP contribution in [0.5, 0.6) is 0 Å². The van der Waals surface area contributed by atoms with Gasteiger partial charge in [-0.25, -0.2) is 0 Å². The first-order valence-corrected chi connectivity index (χ1v) is 5.91. The highest BCUT2D eigenvalue weighted by molar-refractivity contribution is 5.83. The van der Waals surface area contributed by atoms with E-state index < -0.39 is 5.97 Å². The van der Waals surface area contributed by atoms with Gasteiger partial charge >= 0.3 is 5.97 Å². The van der Waals surface area contributed by atoms with Crippen LogP contribution in [0.1, 0.15) is 25.7 Å². The van der Waals surface area contributed by atoms with E-state index in [1.54, 1.807) is 4.90 Å². The van der Waals surface area contributed by atoms with Crippen molar-refractivity contribution in [2.75, 3.05) is 19.6 Å². The molecule has 2 N–H and O–H groups in total. The standard InChI is InChI=1S/C11H18N2O3/c14-10(15)7-13(9-1-2-9)11(16)8-3-5-12-6-4-8/h8-9,12H,1-7H2,(H,14,15). The SMILES string of the molecule is O=C(O)CN(C(=O)C1CCNCC1)C1CC1.